The van der Waals surface area contributed by atoms with Gasteiger partial charge in [0.25, 0.3) is 0 Å². The van der Waals surface area contributed by atoms with Gasteiger partial charge in [-0.25, -0.2) is 4.98 Å². The van der Waals surface area contributed by atoms with Crippen molar-refractivity contribution in [3.05, 3.63) is 52.5 Å². The van der Waals surface area contributed by atoms with Crippen molar-refractivity contribution in [3.63, 3.8) is 0 Å². The molecule has 26 heavy (non-hydrogen) atoms. The van der Waals surface area contributed by atoms with E-state index in [0.29, 0.717) is 32.1 Å². The molecular formula is C17H11Cl2N5OS. The molecule has 0 aliphatic heterocycles. The highest BCUT2D eigenvalue weighted by molar-refractivity contribution is 7.99. The number of anilines is 1. The average molecular weight is 404 g/mol. The van der Waals surface area contributed by atoms with Gasteiger partial charge in [-0.05, 0) is 18.2 Å². The van der Waals surface area contributed by atoms with Gasteiger partial charge in [0.2, 0.25) is 11.1 Å². The predicted octanol–water partition coefficient (Wildman–Crippen LogP) is 4.54. The average Bonchev–Trinajstić information content (AvgIpc) is 3.01. The number of amides is 1. The number of H-pyrrole nitrogens is 1. The Balaban J connectivity index is 1.48. The van der Waals surface area contributed by atoms with Gasteiger partial charge in [-0.2, -0.15) is 0 Å². The number of fused-ring (bicyclic) bond motifs is 3. The highest BCUT2D eigenvalue weighted by Gasteiger charge is 2.12. The van der Waals surface area contributed by atoms with Gasteiger partial charge in [-0.1, -0.05) is 59.2 Å². The quantitative estimate of drug-likeness (QED) is 0.488. The minimum Gasteiger partial charge on any atom is -0.338 e. The van der Waals surface area contributed by atoms with Crippen LogP contribution in [0.1, 0.15) is 0 Å². The molecule has 6 nitrogen and oxygen atoms in total. The number of benzene rings is 2. The molecule has 0 fully saturated rings. The molecule has 2 heterocycles. The van der Waals surface area contributed by atoms with Crippen molar-refractivity contribution in [1.82, 2.24) is 20.2 Å². The first-order chi connectivity index (χ1) is 12.6. The second kappa shape index (κ2) is 7.11. The molecule has 2 aromatic heterocycles. The molecule has 0 unspecified atom stereocenters. The summed E-state index contributed by atoms with van der Waals surface area (Å²) in [6, 6.07) is 12.8. The summed E-state index contributed by atoms with van der Waals surface area (Å²) < 4.78 is 0. The second-order valence-corrected chi connectivity index (χ2v) is 7.13. The van der Waals surface area contributed by atoms with Crippen LogP contribution in [0.15, 0.2) is 47.6 Å². The smallest absolute Gasteiger partial charge is 0.234 e. The summed E-state index contributed by atoms with van der Waals surface area (Å²) in [5.74, 6) is -0.115. The summed E-state index contributed by atoms with van der Waals surface area (Å²) in [6.07, 6.45) is 0. The number of thioether (sulfide) groups is 1. The van der Waals surface area contributed by atoms with Crippen molar-refractivity contribution < 1.29 is 4.79 Å². The molecule has 130 valence electrons. The van der Waals surface area contributed by atoms with Crippen LogP contribution in [-0.4, -0.2) is 31.8 Å². The molecule has 0 aliphatic carbocycles. The summed E-state index contributed by atoms with van der Waals surface area (Å²) in [7, 11) is 0. The number of hydrogen-bond donors (Lipinski definition) is 2. The summed E-state index contributed by atoms with van der Waals surface area (Å²) in [4.78, 5) is 19.8. The number of aromatic nitrogens is 4. The SMILES string of the molecule is O=C(CSc1nnc2c(n1)[nH]c1ccccc12)Nc1cccc(Cl)c1Cl. The maximum absolute atomic E-state index is 12.1. The molecule has 0 radical (unpaired) electrons. The summed E-state index contributed by atoms with van der Waals surface area (Å²) in [5, 5.41) is 13.1. The van der Waals surface area contributed by atoms with E-state index < -0.39 is 0 Å². The normalized spacial score (nSPS) is 11.2. The van der Waals surface area contributed by atoms with Crippen molar-refractivity contribution in [2.24, 2.45) is 0 Å². The maximum Gasteiger partial charge on any atom is 0.234 e. The first-order valence-corrected chi connectivity index (χ1v) is 9.34. The number of hydrogen-bond acceptors (Lipinski definition) is 5. The molecule has 0 bridgehead atoms. The monoisotopic (exact) mass is 403 g/mol. The van der Waals surface area contributed by atoms with E-state index in [1.165, 1.54) is 11.8 Å². The number of halogens is 2. The van der Waals surface area contributed by atoms with E-state index >= 15 is 0 Å². The molecule has 2 aromatic carbocycles. The number of nitrogens with one attached hydrogen (secondary N) is 2. The molecule has 4 rings (SSSR count). The van der Waals surface area contributed by atoms with Crippen LogP contribution in [-0.2, 0) is 4.79 Å². The van der Waals surface area contributed by atoms with Crippen LogP contribution in [0, 0.1) is 0 Å². The van der Waals surface area contributed by atoms with Gasteiger partial charge in [0.1, 0.15) is 5.52 Å². The molecule has 4 aromatic rings. The zero-order valence-corrected chi connectivity index (χ0v) is 15.5. The molecule has 0 saturated heterocycles. The minimum absolute atomic E-state index is 0.121. The number of carbonyl (C=O) groups is 1. The third-order valence-electron chi connectivity index (χ3n) is 3.66. The van der Waals surface area contributed by atoms with E-state index in [9.17, 15) is 4.79 Å². The van der Waals surface area contributed by atoms with E-state index in [-0.39, 0.29) is 11.7 Å². The van der Waals surface area contributed by atoms with Crippen LogP contribution in [0.2, 0.25) is 10.0 Å². The highest BCUT2D eigenvalue weighted by Crippen LogP contribution is 2.29. The molecule has 0 aliphatic rings. The zero-order valence-electron chi connectivity index (χ0n) is 13.2. The Bertz CT molecular complexity index is 1130. The van der Waals surface area contributed by atoms with Crippen molar-refractivity contribution in [2.45, 2.75) is 5.16 Å². The fourth-order valence-corrected chi connectivity index (χ4v) is 3.42. The lowest BCUT2D eigenvalue weighted by molar-refractivity contribution is -0.113. The van der Waals surface area contributed by atoms with Crippen LogP contribution in [0.25, 0.3) is 22.1 Å². The third-order valence-corrected chi connectivity index (χ3v) is 5.32. The van der Waals surface area contributed by atoms with Crippen LogP contribution in [0.5, 0.6) is 0 Å². The number of nitrogens with zero attached hydrogens (tertiary/aromatic N) is 3. The van der Waals surface area contributed by atoms with Crippen LogP contribution in [0.4, 0.5) is 5.69 Å². The maximum atomic E-state index is 12.1. The fraction of sp³-hybridized carbons (Fsp3) is 0.0588. The van der Waals surface area contributed by atoms with Gasteiger partial charge in [0.15, 0.2) is 5.65 Å². The van der Waals surface area contributed by atoms with E-state index in [0.717, 1.165) is 10.9 Å². The Kier molecular flexibility index (Phi) is 4.67. The number of rotatable bonds is 4. The number of aromatic amines is 1. The van der Waals surface area contributed by atoms with E-state index in [4.69, 9.17) is 23.2 Å². The Labute approximate surface area is 162 Å². The van der Waals surface area contributed by atoms with E-state index in [2.05, 4.69) is 25.5 Å². The van der Waals surface area contributed by atoms with Crippen LogP contribution >= 0.6 is 35.0 Å². The molecule has 9 heteroatoms. The van der Waals surface area contributed by atoms with Gasteiger partial charge >= 0.3 is 0 Å². The molecule has 1 amide bonds. The summed E-state index contributed by atoms with van der Waals surface area (Å²) in [5.41, 5.74) is 2.76. The van der Waals surface area contributed by atoms with Gasteiger partial charge in [-0.15, -0.1) is 10.2 Å². The second-order valence-electron chi connectivity index (χ2n) is 5.40. The zero-order chi connectivity index (χ0) is 18.1. The highest BCUT2D eigenvalue weighted by atomic mass is 35.5. The summed E-state index contributed by atoms with van der Waals surface area (Å²) in [6.45, 7) is 0. The standard InChI is InChI=1S/C17H11Cl2N5OS/c18-10-5-3-7-12(14(10)19)20-13(25)8-26-17-22-16-15(23-24-17)9-4-1-2-6-11(9)21-16/h1-7H,8H2,(H,20,25)(H,21,22,24). The van der Waals surface area contributed by atoms with E-state index in [1.54, 1.807) is 18.2 Å². The number of carbonyl (C=O) groups excluding carboxylic acids is 1. The van der Waals surface area contributed by atoms with Crippen molar-refractivity contribution in [2.75, 3.05) is 11.1 Å². The lowest BCUT2D eigenvalue weighted by Crippen LogP contribution is -2.14. The van der Waals surface area contributed by atoms with E-state index in [1.807, 2.05) is 24.3 Å². The largest absolute Gasteiger partial charge is 0.338 e. The number of para-hydroxylation sites is 1. The molecule has 0 spiro atoms. The lowest BCUT2D eigenvalue weighted by Gasteiger charge is -2.07. The molecule has 2 N–H and O–H groups in total. The lowest BCUT2D eigenvalue weighted by atomic mass is 10.2. The van der Waals surface area contributed by atoms with Gasteiger partial charge in [0, 0.05) is 10.9 Å². The fourth-order valence-electron chi connectivity index (χ4n) is 2.48. The Hall–Kier alpha value is -2.35. The molecular weight excluding hydrogens is 393 g/mol. The van der Waals surface area contributed by atoms with Gasteiger partial charge in [-0.3, -0.25) is 4.79 Å². The van der Waals surface area contributed by atoms with Crippen LogP contribution in [0.3, 0.4) is 0 Å². The Morgan fingerprint density at radius 2 is 1.96 bits per heavy atom. The van der Waals surface area contributed by atoms with Crippen molar-refractivity contribution >= 4 is 68.6 Å². The topological polar surface area (TPSA) is 83.6 Å². The minimum atomic E-state index is -0.237. The predicted molar refractivity (Wildman–Crippen MR) is 105 cm³/mol. The molecule has 0 atom stereocenters. The van der Waals surface area contributed by atoms with Crippen molar-refractivity contribution in [1.29, 1.82) is 0 Å². The first kappa shape index (κ1) is 17.1. The molecule has 0 saturated carbocycles. The first-order valence-electron chi connectivity index (χ1n) is 7.59. The van der Waals surface area contributed by atoms with Crippen LogP contribution < -0.4 is 5.32 Å². The summed E-state index contributed by atoms with van der Waals surface area (Å²) >= 11 is 13.2. The Morgan fingerprint density at radius 1 is 1.12 bits per heavy atom. The van der Waals surface area contributed by atoms with Gasteiger partial charge in [0.05, 0.1) is 21.5 Å². The van der Waals surface area contributed by atoms with Gasteiger partial charge < -0.3 is 10.3 Å². The third kappa shape index (κ3) is 3.33. The van der Waals surface area contributed by atoms with Crippen molar-refractivity contribution in [3.8, 4) is 0 Å². The Morgan fingerprint density at radius 3 is 2.85 bits per heavy atom.